The predicted octanol–water partition coefficient (Wildman–Crippen LogP) is 5.65. The third-order valence-corrected chi connectivity index (χ3v) is 5.86. The van der Waals surface area contributed by atoms with E-state index in [1.54, 1.807) is 31.2 Å². The lowest BCUT2D eigenvalue weighted by molar-refractivity contribution is -0.121. The molecular weight excluding hydrogens is 427 g/mol. The van der Waals surface area contributed by atoms with Crippen molar-refractivity contribution in [1.29, 1.82) is 0 Å². The molecular formula is C25H21FN2O3S. The fourth-order valence-corrected chi connectivity index (χ4v) is 3.96. The van der Waals surface area contributed by atoms with Crippen molar-refractivity contribution in [1.82, 2.24) is 4.90 Å². The molecule has 162 valence electrons. The summed E-state index contributed by atoms with van der Waals surface area (Å²) in [6.07, 6.45) is 1.84. The van der Waals surface area contributed by atoms with Crippen LogP contribution >= 0.6 is 11.8 Å². The van der Waals surface area contributed by atoms with E-state index in [2.05, 4.69) is 4.99 Å². The van der Waals surface area contributed by atoms with Gasteiger partial charge in [0.15, 0.2) is 5.17 Å². The molecule has 3 aromatic carbocycles. The van der Waals surface area contributed by atoms with Crippen LogP contribution < -0.4 is 9.47 Å². The van der Waals surface area contributed by atoms with Gasteiger partial charge in [-0.05, 0) is 77.5 Å². The number of hydrogen-bond acceptors (Lipinski definition) is 5. The van der Waals surface area contributed by atoms with E-state index in [1.807, 2.05) is 54.6 Å². The SMILES string of the molecule is COc1ccc(N=C2S/C(=C\c3ccc(OCc4ccc(F)cc4)cc3)C(=O)N2C)cc1. The molecule has 4 rings (SSSR count). The van der Waals surface area contributed by atoms with Gasteiger partial charge in [0.05, 0.1) is 17.7 Å². The van der Waals surface area contributed by atoms with Crippen molar-refractivity contribution in [2.24, 2.45) is 4.99 Å². The molecule has 0 saturated carbocycles. The molecule has 1 fully saturated rings. The second-order valence-electron chi connectivity index (χ2n) is 7.05. The zero-order valence-corrected chi connectivity index (χ0v) is 18.4. The van der Waals surface area contributed by atoms with Gasteiger partial charge >= 0.3 is 0 Å². The van der Waals surface area contributed by atoms with Gasteiger partial charge in [-0.1, -0.05) is 24.3 Å². The Hall–Kier alpha value is -3.58. The highest BCUT2D eigenvalue weighted by atomic mass is 32.2. The summed E-state index contributed by atoms with van der Waals surface area (Å²) in [5.41, 5.74) is 2.52. The van der Waals surface area contributed by atoms with Gasteiger partial charge in [0, 0.05) is 7.05 Å². The highest BCUT2D eigenvalue weighted by Crippen LogP contribution is 2.33. The maximum Gasteiger partial charge on any atom is 0.266 e. The summed E-state index contributed by atoms with van der Waals surface area (Å²) in [6, 6.07) is 21.0. The van der Waals surface area contributed by atoms with Gasteiger partial charge in [-0.3, -0.25) is 9.69 Å². The molecule has 5 nitrogen and oxygen atoms in total. The van der Waals surface area contributed by atoms with Crippen LogP contribution in [0.2, 0.25) is 0 Å². The average molecular weight is 449 g/mol. The molecule has 1 aliphatic heterocycles. The summed E-state index contributed by atoms with van der Waals surface area (Å²) in [5, 5.41) is 0.616. The highest BCUT2D eigenvalue weighted by molar-refractivity contribution is 8.18. The number of aliphatic imine (C=N–C) groups is 1. The Morgan fingerprint density at radius 2 is 1.62 bits per heavy atom. The molecule has 1 amide bonds. The topological polar surface area (TPSA) is 51.1 Å². The molecule has 0 spiro atoms. The second-order valence-corrected chi connectivity index (χ2v) is 8.06. The molecule has 0 N–H and O–H groups in total. The van der Waals surface area contributed by atoms with Gasteiger partial charge in [0.25, 0.3) is 5.91 Å². The highest BCUT2D eigenvalue weighted by Gasteiger charge is 2.30. The summed E-state index contributed by atoms with van der Waals surface area (Å²) in [4.78, 5) is 19.4. The number of nitrogens with zero attached hydrogens (tertiary/aromatic N) is 2. The molecule has 0 unspecified atom stereocenters. The van der Waals surface area contributed by atoms with Crippen LogP contribution in [0.1, 0.15) is 11.1 Å². The van der Waals surface area contributed by atoms with Crippen LogP contribution in [0, 0.1) is 5.82 Å². The molecule has 0 radical (unpaired) electrons. The van der Waals surface area contributed by atoms with E-state index < -0.39 is 0 Å². The van der Waals surface area contributed by atoms with Crippen LogP contribution in [0.4, 0.5) is 10.1 Å². The van der Waals surface area contributed by atoms with E-state index in [4.69, 9.17) is 9.47 Å². The van der Waals surface area contributed by atoms with Crippen molar-refractivity contribution in [3.8, 4) is 11.5 Å². The first kappa shape index (κ1) is 21.6. The summed E-state index contributed by atoms with van der Waals surface area (Å²) >= 11 is 1.33. The first-order chi connectivity index (χ1) is 15.5. The zero-order chi connectivity index (χ0) is 22.5. The van der Waals surface area contributed by atoms with E-state index in [0.29, 0.717) is 22.4 Å². The number of likely N-dealkylation sites (N-methyl/N-ethyl adjacent to an activating group) is 1. The smallest absolute Gasteiger partial charge is 0.266 e. The number of methoxy groups -OCH3 is 1. The standard InChI is InChI=1S/C25H21FN2O3S/c1-28-24(29)23(32-25(28)27-20-9-13-21(30-2)14-10-20)15-17-5-11-22(12-6-17)31-16-18-3-7-19(26)8-4-18/h3-15H,16H2,1-2H3/b23-15-,27-25?. The monoisotopic (exact) mass is 448 g/mol. The number of ether oxygens (including phenoxy) is 2. The third-order valence-electron chi connectivity index (χ3n) is 4.80. The molecule has 0 aliphatic carbocycles. The maximum absolute atomic E-state index is 13.0. The van der Waals surface area contributed by atoms with E-state index in [9.17, 15) is 9.18 Å². The van der Waals surface area contributed by atoms with Gasteiger partial charge in [0.1, 0.15) is 23.9 Å². The predicted molar refractivity (Wildman–Crippen MR) is 126 cm³/mol. The summed E-state index contributed by atoms with van der Waals surface area (Å²) in [7, 11) is 3.33. The van der Waals surface area contributed by atoms with Crippen LogP contribution in [0.25, 0.3) is 6.08 Å². The first-order valence-electron chi connectivity index (χ1n) is 9.89. The minimum Gasteiger partial charge on any atom is -0.497 e. The fourth-order valence-electron chi connectivity index (χ4n) is 2.98. The Bertz CT molecular complexity index is 1160. The van der Waals surface area contributed by atoms with Gasteiger partial charge in [-0.2, -0.15) is 0 Å². The van der Waals surface area contributed by atoms with Crippen LogP contribution in [-0.4, -0.2) is 30.1 Å². The molecule has 0 bridgehead atoms. The minimum atomic E-state index is -0.270. The van der Waals surface area contributed by atoms with Crippen molar-refractivity contribution < 1.29 is 18.7 Å². The van der Waals surface area contributed by atoms with Crippen molar-refractivity contribution >= 4 is 34.6 Å². The van der Waals surface area contributed by atoms with E-state index in [0.717, 1.165) is 22.6 Å². The largest absolute Gasteiger partial charge is 0.497 e. The van der Waals surface area contributed by atoms with Crippen molar-refractivity contribution in [3.63, 3.8) is 0 Å². The lowest BCUT2D eigenvalue weighted by atomic mass is 10.2. The minimum absolute atomic E-state index is 0.0982. The van der Waals surface area contributed by atoms with Crippen molar-refractivity contribution in [3.05, 3.63) is 94.6 Å². The first-order valence-corrected chi connectivity index (χ1v) is 10.7. The Balaban J connectivity index is 1.43. The molecule has 1 aliphatic rings. The quantitative estimate of drug-likeness (QED) is 0.458. The second kappa shape index (κ2) is 9.70. The number of benzene rings is 3. The lowest BCUT2D eigenvalue weighted by Gasteiger charge is -2.07. The third kappa shape index (κ3) is 5.18. The summed E-state index contributed by atoms with van der Waals surface area (Å²) < 4.78 is 23.9. The van der Waals surface area contributed by atoms with Crippen LogP contribution in [0.15, 0.2) is 82.7 Å². The van der Waals surface area contributed by atoms with Gasteiger partial charge in [-0.15, -0.1) is 0 Å². The molecule has 0 aromatic heterocycles. The number of rotatable bonds is 6. The summed E-state index contributed by atoms with van der Waals surface area (Å²) in [5.74, 6) is 1.08. The maximum atomic E-state index is 13.0. The van der Waals surface area contributed by atoms with Crippen LogP contribution in [0.5, 0.6) is 11.5 Å². The molecule has 1 saturated heterocycles. The van der Waals surface area contributed by atoms with Crippen molar-refractivity contribution in [2.45, 2.75) is 6.61 Å². The number of halogens is 1. The van der Waals surface area contributed by atoms with Gasteiger partial charge < -0.3 is 9.47 Å². The average Bonchev–Trinajstić information content (AvgIpc) is 3.08. The van der Waals surface area contributed by atoms with E-state index in [1.165, 1.54) is 23.9 Å². The fraction of sp³-hybridized carbons (Fsp3) is 0.120. The normalized spacial score (nSPS) is 16.1. The number of hydrogen-bond donors (Lipinski definition) is 0. The number of amides is 1. The Kier molecular flexibility index (Phi) is 6.56. The lowest BCUT2D eigenvalue weighted by Crippen LogP contribution is -2.23. The number of amidine groups is 1. The molecule has 7 heteroatoms. The zero-order valence-electron chi connectivity index (χ0n) is 17.6. The van der Waals surface area contributed by atoms with Gasteiger partial charge in [0.2, 0.25) is 0 Å². The Morgan fingerprint density at radius 1 is 0.969 bits per heavy atom. The number of thioether (sulfide) groups is 1. The number of carbonyl (C=O) groups is 1. The molecule has 3 aromatic rings. The number of carbonyl (C=O) groups excluding carboxylic acids is 1. The Labute approximate surface area is 190 Å². The van der Waals surface area contributed by atoms with Crippen molar-refractivity contribution in [2.75, 3.05) is 14.2 Å². The van der Waals surface area contributed by atoms with E-state index in [-0.39, 0.29) is 11.7 Å². The van der Waals surface area contributed by atoms with Crippen LogP contribution in [0.3, 0.4) is 0 Å². The molecule has 32 heavy (non-hydrogen) atoms. The van der Waals surface area contributed by atoms with Crippen LogP contribution in [-0.2, 0) is 11.4 Å². The Morgan fingerprint density at radius 3 is 2.28 bits per heavy atom. The molecule has 0 atom stereocenters. The molecule has 1 heterocycles. The van der Waals surface area contributed by atoms with E-state index >= 15 is 0 Å². The summed E-state index contributed by atoms with van der Waals surface area (Å²) in [6.45, 7) is 0.352. The van der Waals surface area contributed by atoms with Gasteiger partial charge in [-0.25, -0.2) is 9.38 Å².